The van der Waals surface area contributed by atoms with Crippen LogP contribution in [0.15, 0.2) is 28.7 Å². The number of aromatic nitrogens is 1. The summed E-state index contributed by atoms with van der Waals surface area (Å²) in [6.07, 6.45) is 2.44. The van der Waals surface area contributed by atoms with Crippen LogP contribution in [0, 0.1) is 0 Å². The summed E-state index contributed by atoms with van der Waals surface area (Å²) < 4.78 is 6.00. The van der Waals surface area contributed by atoms with Crippen molar-refractivity contribution in [3.8, 4) is 0 Å². The molecule has 2 rings (SSSR count). The number of hydrogen-bond donors (Lipinski definition) is 1. The number of carbonyl (C=O) groups excluding carboxylic acids is 1. The smallest absolute Gasteiger partial charge is 0.412 e. The van der Waals surface area contributed by atoms with E-state index in [4.69, 9.17) is 16.3 Å². The van der Waals surface area contributed by atoms with Crippen LogP contribution < -0.4 is 5.32 Å². The molecule has 0 aliphatic heterocycles. The van der Waals surface area contributed by atoms with Crippen molar-refractivity contribution in [2.24, 2.45) is 0 Å². The highest BCUT2D eigenvalue weighted by molar-refractivity contribution is 9.10. The summed E-state index contributed by atoms with van der Waals surface area (Å²) in [6, 6.07) is 7.45. The second-order valence-corrected chi connectivity index (χ2v) is 5.95. The van der Waals surface area contributed by atoms with Crippen LogP contribution in [-0.4, -0.2) is 17.7 Å². The first-order valence-electron chi connectivity index (χ1n) is 6.79. The summed E-state index contributed by atoms with van der Waals surface area (Å²) in [4.78, 5) is 16.0. The molecule has 0 saturated heterocycles. The summed E-state index contributed by atoms with van der Waals surface area (Å²) in [5.41, 5.74) is 0.745. The van der Waals surface area contributed by atoms with Crippen LogP contribution in [-0.2, 0) is 4.74 Å². The van der Waals surface area contributed by atoms with Gasteiger partial charge in [-0.1, -0.05) is 53.4 Å². The van der Waals surface area contributed by atoms with Crippen molar-refractivity contribution in [1.82, 2.24) is 4.98 Å². The third-order valence-corrected chi connectivity index (χ3v) is 3.72. The Hall–Kier alpha value is -1.33. The van der Waals surface area contributed by atoms with Gasteiger partial charge < -0.3 is 4.74 Å². The minimum Gasteiger partial charge on any atom is -0.449 e. The molecule has 1 aromatic carbocycles. The van der Waals surface area contributed by atoms with Gasteiger partial charge >= 0.3 is 6.09 Å². The van der Waals surface area contributed by atoms with Gasteiger partial charge in [0, 0.05) is 9.86 Å². The highest BCUT2D eigenvalue weighted by Gasteiger charge is 2.10. The molecular weight excluding hydrogens is 356 g/mol. The number of nitrogens with one attached hydrogen (secondary N) is 1. The van der Waals surface area contributed by atoms with Crippen molar-refractivity contribution in [2.75, 3.05) is 11.9 Å². The molecule has 1 N–H and O–H groups in total. The maximum absolute atomic E-state index is 11.7. The molecule has 2 aromatic rings. The predicted molar refractivity (Wildman–Crippen MR) is 88.9 cm³/mol. The van der Waals surface area contributed by atoms with Crippen molar-refractivity contribution < 1.29 is 9.53 Å². The second kappa shape index (κ2) is 7.61. The molecule has 112 valence electrons. The highest BCUT2D eigenvalue weighted by atomic mass is 79.9. The molecule has 21 heavy (non-hydrogen) atoms. The van der Waals surface area contributed by atoms with Gasteiger partial charge in [0.05, 0.1) is 17.1 Å². The Balaban J connectivity index is 2.07. The quantitative estimate of drug-likeness (QED) is 0.717. The lowest BCUT2D eigenvalue weighted by Crippen LogP contribution is -2.15. The third kappa shape index (κ3) is 4.58. The lowest BCUT2D eigenvalue weighted by atomic mass is 10.2. The summed E-state index contributed by atoms with van der Waals surface area (Å²) in [5, 5.41) is 3.87. The number of rotatable bonds is 5. The normalized spacial score (nSPS) is 10.6. The number of nitrogens with zero attached hydrogens (tertiary/aromatic N) is 1. The Labute approximate surface area is 137 Å². The Morgan fingerprint density at radius 2 is 2.19 bits per heavy atom. The van der Waals surface area contributed by atoms with E-state index in [0.717, 1.165) is 34.6 Å². The maximum atomic E-state index is 11.7. The highest BCUT2D eigenvalue weighted by Crippen LogP contribution is 2.26. The lowest BCUT2D eigenvalue weighted by Gasteiger charge is -2.09. The van der Waals surface area contributed by atoms with E-state index >= 15 is 0 Å². The molecule has 0 bridgehead atoms. The zero-order valence-electron chi connectivity index (χ0n) is 11.7. The minimum atomic E-state index is -0.533. The fourth-order valence-corrected chi connectivity index (χ4v) is 2.41. The molecule has 0 spiro atoms. The zero-order chi connectivity index (χ0) is 15.2. The molecular formula is C15H16BrClN2O2. The fraction of sp³-hybridized carbons (Fsp3) is 0.333. The van der Waals surface area contributed by atoms with Gasteiger partial charge in [-0.2, -0.15) is 0 Å². The van der Waals surface area contributed by atoms with Crippen LogP contribution >= 0.6 is 27.5 Å². The van der Waals surface area contributed by atoms with E-state index in [1.807, 2.05) is 18.2 Å². The van der Waals surface area contributed by atoms with Crippen LogP contribution in [0.2, 0.25) is 5.02 Å². The largest absolute Gasteiger partial charge is 0.449 e. The second-order valence-electron chi connectivity index (χ2n) is 4.62. The van der Waals surface area contributed by atoms with Crippen molar-refractivity contribution in [3.05, 3.63) is 33.8 Å². The fourth-order valence-electron chi connectivity index (χ4n) is 1.85. The van der Waals surface area contributed by atoms with Crippen molar-refractivity contribution >= 4 is 50.3 Å². The van der Waals surface area contributed by atoms with E-state index in [2.05, 4.69) is 33.2 Å². The van der Waals surface area contributed by atoms with Gasteiger partial charge in [-0.15, -0.1) is 0 Å². The van der Waals surface area contributed by atoms with E-state index in [0.29, 0.717) is 17.4 Å². The molecule has 0 fully saturated rings. The third-order valence-electron chi connectivity index (χ3n) is 2.93. The number of amides is 1. The molecule has 0 atom stereocenters. The van der Waals surface area contributed by atoms with E-state index < -0.39 is 6.09 Å². The van der Waals surface area contributed by atoms with Crippen molar-refractivity contribution in [2.45, 2.75) is 26.2 Å². The van der Waals surface area contributed by atoms with E-state index in [1.165, 1.54) is 0 Å². The summed E-state index contributed by atoms with van der Waals surface area (Å²) in [7, 11) is 0. The number of halogens is 2. The number of ether oxygens (including phenoxy) is 1. The van der Waals surface area contributed by atoms with Crippen molar-refractivity contribution in [1.29, 1.82) is 0 Å². The van der Waals surface area contributed by atoms with Gasteiger partial charge in [-0.3, -0.25) is 5.32 Å². The molecule has 0 aliphatic rings. The summed E-state index contributed by atoms with van der Waals surface area (Å²) in [6.45, 7) is 2.49. The average molecular weight is 372 g/mol. The molecule has 0 saturated carbocycles. The topological polar surface area (TPSA) is 51.2 Å². The summed E-state index contributed by atoms with van der Waals surface area (Å²) >= 11 is 9.52. The van der Waals surface area contributed by atoms with E-state index in [9.17, 15) is 4.79 Å². The molecule has 1 heterocycles. The van der Waals surface area contributed by atoms with Gasteiger partial charge in [0.1, 0.15) is 0 Å². The number of benzene rings is 1. The molecule has 0 unspecified atom stereocenters. The van der Waals surface area contributed by atoms with Gasteiger partial charge in [-0.05, 0) is 24.6 Å². The zero-order valence-corrected chi connectivity index (χ0v) is 14.0. The number of anilines is 1. The molecule has 1 aromatic heterocycles. The molecule has 0 radical (unpaired) electrons. The van der Waals surface area contributed by atoms with Crippen LogP contribution in [0.3, 0.4) is 0 Å². The maximum Gasteiger partial charge on any atom is 0.412 e. The van der Waals surface area contributed by atoms with Crippen molar-refractivity contribution in [3.63, 3.8) is 0 Å². The minimum absolute atomic E-state index is 0.308. The predicted octanol–water partition coefficient (Wildman–Crippen LogP) is 5.39. The average Bonchev–Trinajstić information content (AvgIpc) is 2.45. The van der Waals surface area contributed by atoms with Crippen LogP contribution in [0.4, 0.5) is 10.6 Å². The Kier molecular flexibility index (Phi) is 5.82. The molecule has 6 heteroatoms. The first kappa shape index (κ1) is 16.0. The number of unbranched alkanes of at least 4 members (excludes halogenated alkanes) is 2. The lowest BCUT2D eigenvalue weighted by molar-refractivity contribution is 0.159. The SMILES string of the molecule is CCCCCOC(=O)Nc1nc2cc(Br)ccc2cc1Cl. The Morgan fingerprint density at radius 3 is 2.95 bits per heavy atom. The number of fused-ring (bicyclic) bond motifs is 1. The first-order chi connectivity index (χ1) is 10.1. The molecule has 0 aliphatic carbocycles. The number of hydrogen-bond acceptors (Lipinski definition) is 3. The van der Waals surface area contributed by atoms with Gasteiger partial charge in [0.2, 0.25) is 0 Å². The molecule has 4 nitrogen and oxygen atoms in total. The van der Waals surface area contributed by atoms with E-state index in [1.54, 1.807) is 6.07 Å². The number of carbonyl (C=O) groups is 1. The first-order valence-corrected chi connectivity index (χ1v) is 7.97. The van der Waals surface area contributed by atoms with Gasteiger partial charge in [-0.25, -0.2) is 9.78 Å². The van der Waals surface area contributed by atoms with Gasteiger partial charge in [0.25, 0.3) is 0 Å². The monoisotopic (exact) mass is 370 g/mol. The Bertz CT molecular complexity index is 649. The molecule has 1 amide bonds. The van der Waals surface area contributed by atoms with E-state index in [-0.39, 0.29) is 0 Å². The van der Waals surface area contributed by atoms with Crippen LogP contribution in [0.1, 0.15) is 26.2 Å². The van der Waals surface area contributed by atoms with Crippen LogP contribution in [0.5, 0.6) is 0 Å². The van der Waals surface area contributed by atoms with Gasteiger partial charge in [0.15, 0.2) is 5.82 Å². The Morgan fingerprint density at radius 1 is 1.38 bits per heavy atom. The number of pyridine rings is 1. The standard InChI is InChI=1S/C15H16BrClN2O2/c1-2-3-4-7-21-15(20)19-14-12(17)8-10-5-6-11(16)9-13(10)18-14/h5-6,8-9H,2-4,7H2,1H3,(H,18,19,20). The summed E-state index contributed by atoms with van der Waals surface area (Å²) in [5.74, 6) is 0.308. The van der Waals surface area contributed by atoms with Crippen LogP contribution in [0.25, 0.3) is 10.9 Å².